The van der Waals surface area contributed by atoms with E-state index in [-0.39, 0.29) is 11.8 Å². The first-order valence-electron chi connectivity index (χ1n) is 7.17. The molecule has 128 valence electrons. The number of nitrogens with one attached hydrogen (secondary N) is 2. The molecule has 2 aromatic rings. The van der Waals surface area contributed by atoms with E-state index in [1.807, 2.05) is 19.2 Å². The summed E-state index contributed by atoms with van der Waals surface area (Å²) in [6.07, 6.45) is -3.77. The predicted molar refractivity (Wildman–Crippen MR) is 86.5 cm³/mol. The maximum absolute atomic E-state index is 12.9. The topological polar surface area (TPSA) is 53.1 Å². The van der Waals surface area contributed by atoms with Crippen molar-refractivity contribution in [3.8, 4) is 0 Å². The van der Waals surface area contributed by atoms with Gasteiger partial charge in [-0.1, -0.05) is 11.6 Å². The number of halogens is 4. The molecule has 0 saturated heterocycles. The van der Waals surface area contributed by atoms with Gasteiger partial charge < -0.3 is 10.6 Å². The average molecular weight is 358 g/mol. The summed E-state index contributed by atoms with van der Waals surface area (Å²) in [6, 6.07) is 3.73. The highest BCUT2D eigenvalue weighted by Crippen LogP contribution is 2.35. The number of rotatable bonds is 3. The van der Waals surface area contributed by atoms with Crippen molar-refractivity contribution in [1.29, 1.82) is 0 Å². The Morgan fingerprint density at radius 1 is 1.21 bits per heavy atom. The highest BCUT2D eigenvalue weighted by atomic mass is 35.5. The van der Waals surface area contributed by atoms with E-state index in [2.05, 4.69) is 25.5 Å². The van der Waals surface area contributed by atoms with E-state index in [1.54, 1.807) is 0 Å². The van der Waals surface area contributed by atoms with Crippen LogP contribution in [0.25, 0.3) is 0 Å². The highest BCUT2D eigenvalue weighted by Gasteiger charge is 2.35. The maximum Gasteiger partial charge on any atom is 0.421 e. The molecule has 0 unspecified atom stereocenters. The zero-order valence-corrected chi connectivity index (χ0v) is 13.8. The van der Waals surface area contributed by atoms with Gasteiger partial charge >= 0.3 is 6.18 Å². The van der Waals surface area contributed by atoms with Crippen molar-refractivity contribution in [2.45, 2.75) is 19.3 Å². The summed E-state index contributed by atoms with van der Waals surface area (Å²) >= 11 is 6.25. The van der Waals surface area contributed by atoms with Gasteiger partial charge in [0, 0.05) is 26.3 Å². The van der Waals surface area contributed by atoms with Crippen LogP contribution in [0, 0.1) is 0 Å². The summed E-state index contributed by atoms with van der Waals surface area (Å²) in [6.45, 7) is 1.60. The maximum atomic E-state index is 12.9. The largest absolute Gasteiger partial charge is 0.421 e. The zero-order valence-electron chi connectivity index (χ0n) is 13.0. The second kappa shape index (κ2) is 6.10. The van der Waals surface area contributed by atoms with Gasteiger partial charge in [-0.05, 0) is 30.3 Å². The molecule has 24 heavy (non-hydrogen) atoms. The van der Waals surface area contributed by atoms with Crippen molar-refractivity contribution in [1.82, 2.24) is 14.9 Å². The van der Waals surface area contributed by atoms with Crippen LogP contribution in [0.2, 0.25) is 5.02 Å². The Morgan fingerprint density at radius 3 is 2.50 bits per heavy atom. The normalized spacial score (nSPS) is 14.6. The number of hydrogen-bond acceptors (Lipinski definition) is 5. The summed E-state index contributed by atoms with van der Waals surface area (Å²) in [4.78, 5) is 9.76. The van der Waals surface area contributed by atoms with Gasteiger partial charge in [-0.2, -0.15) is 18.2 Å². The van der Waals surface area contributed by atoms with Crippen molar-refractivity contribution in [3.63, 3.8) is 0 Å². The molecule has 2 N–H and O–H groups in total. The van der Waals surface area contributed by atoms with E-state index in [9.17, 15) is 13.2 Å². The second-order valence-electron chi connectivity index (χ2n) is 5.60. The standard InChI is InChI=1S/C15H15ClF3N5/c1-20-13-10(15(17,18)19)5-21-14(23-13)22-12-4-9-7-24(2)6-8(9)3-11(12)16/h3-5H,6-7H2,1-2H3,(H2,20,21,22,23). The number of aromatic nitrogens is 2. The van der Waals surface area contributed by atoms with Gasteiger partial charge in [0.05, 0.1) is 10.7 Å². The van der Waals surface area contributed by atoms with Gasteiger partial charge in [-0.3, -0.25) is 4.90 Å². The monoisotopic (exact) mass is 357 g/mol. The van der Waals surface area contributed by atoms with E-state index in [0.717, 1.165) is 30.4 Å². The highest BCUT2D eigenvalue weighted by molar-refractivity contribution is 6.33. The lowest BCUT2D eigenvalue weighted by Crippen LogP contribution is -2.12. The molecule has 0 spiro atoms. The molecular formula is C15H15ClF3N5. The minimum atomic E-state index is -4.52. The molecule has 0 fully saturated rings. The quantitative estimate of drug-likeness (QED) is 0.873. The molecule has 0 radical (unpaired) electrons. The molecular weight excluding hydrogens is 343 g/mol. The smallest absolute Gasteiger partial charge is 0.372 e. The SMILES string of the molecule is CNc1nc(Nc2cc3c(cc2Cl)CN(C)C3)ncc1C(F)(F)F. The van der Waals surface area contributed by atoms with Crippen LogP contribution >= 0.6 is 11.6 Å². The van der Waals surface area contributed by atoms with Gasteiger partial charge in [0.25, 0.3) is 0 Å². The van der Waals surface area contributed by atoms with Gasteiger partial charge in [0.1, 0.15) is 11.4 Å². The van der Waals surface area contributed by atoms with E-state index in [4.69, 9.17) is 11.6 Å². The van der Waals surface area contributed by atoms with Crippen molar-refractivity contribution in [2.75, 3.05) is 24.7 Å². The molecule has 0 bridgehead atoms. The molecule has 9 heteroatoms. The molecule has 0 saturated carbocycles. The van der Waals surface area contributed by atoms with Crippen LogP contribution in [0.4, 0.5) is 30.6 Å². The fraction of sp³-hybridized carbons (Fsp3) is 0.333. The molecule has 0 atom stereocenters. The van der Waals surface area contributed by atoms with E-state index >= 15 is 0 Å². The molecule has 5 nitrogen and oxygen atoms in total. The van der Waals surface area contributed by atoms with Crippen LogP contribution in [-0.2, 0) is 19.3 Å². The van der Waals surface area contributed by atoms with Crippen molar-refractivity contribution >= 4 is 29.1 Å². The van der Waals surface area contributed by atoms with E-state index < -0.39 is 11.7 Å². The van der Waals surface area contributed by atoms with Gasteiger partial charge in [0.2, 0.25) is 5.95 Å². The molecule has 0 aliphatic carbocycles. The van der Waals surface area contributed by atoms with Gasteiger partial charge in [0.15, 0.2) is 0 Å². The Bertz CT molecular complexity index is 778. The molecule has 0 amide bonds. The van der Waals surface area contributed by atoms with Crippen molar-refractivity contribution in [3.05, 3.63) is 40.0 Å². The first kappa shape index (κ1) is 16.8. The number of nitrogens with zero attached hydrogens (tertiary/aromatic N) is 3. The number of benzene rings is 1. The Morgan fingerprint density at radius 2 is 1.88 bits per heavy atom. The second-order valence-corrected chi connectivity index (χ2v) is 6.01. The molecule has 1 aliphatic rings. The molecule has 3 rings (SSSR count). The summed E-state index contributed by atoms with van der Waals surface area (Å²) in [5, 5.41) is 5.80. The van der Waals surface area contributed by atoms with E-state index in [0.29, 0.717) is 10.7 Å². The van der Waals surface area contributed by atoms with Crippen LogP contribution in [0.5, 0.6) is 0 Å². The van der Waals surface area contributed by atoms with Gasteiger partial charge in [-0.15, -0.1) is 0 Å². The summed E-state index contributed by atoms with van der Waals surface area (Å²) in [7, 11) is 3.37. The molecule has 2 heterocycles. The Balaban J connectivity index is 1.91. The lowest BCUT2D eigenvalue weighted by atomic mass is 10.1. The van der Waals surface area contributed by atoms with Crippen LogP contribution in [0.3, 0.4) is 0 Å². The number of fused-ring (bicyclic) bond motifs is 1. The zero-order chi connectivity index (χ0) is 17.5. The molecule has 1 aromatic heterocycles. The molecule has 1 aliphatic heterocycles. The number of hydrogen-bond donors (Lipinski definition) is 2. The summed E-state index contributed by atoms with van der Waals surface area (Å²) < 4.78 is 38.6. The molecule has 1 aromatic carbocycles. The Kier molecular flexibility index (Phi) is 4.27. The first-order valence-corrected chi connectivity index (χ1v) is 7.54. The first-order chi connectivity index (χ1) is 11.3. The lowest BCUT2D eigenvalue weighted by Gasteiger charge is -2.14. The van der Waals surface area contributed by atoms with Gasteiger partial charge in [-0.25, -0.2) is 4.98 Å². The minimum absolute atomic E-state index is 0.0422. The predicted octanol–water partition coefficient (Wildman–Crippen LogP) is 3.88. The van der Waals surface area contributed by atoms with E-state index in [1.165, 1.54) is 7.05 Å². The van der Waals surface area contributed by atoms with Crippen LogP contribution in [0.15, 0.2) is 18.3 Å². The summed E-state index contributed by atoms with van der Waals surface area (Å²) in [5.41, 5.74) is 1.90. The minimum Gasteiger partial charge on any atom is -0.372 e. The number of alkyl halides is 3. The third kappa shape index (κ3) is 3.25. The average Bonchev–Trinajstić information content (AvgIpc) is 2.85. The number of anilines is 3. The fourth-order valence-corrected chi connectivity index (χ4v) is 2.88. The van der Waals surface area contributed by atoms with Crippen LogP contribution in [-0.4, -0.2) is 29.0 Å². The van der Waals surface area contributed by atoms with Crippen LogP contribution in [0.1, 0.15) is 16.7 Å². The van der Waals surface area contributed by atoms with Crippen LogP contribution < -0.4 is 10.6 Å². The lowest BCUT2D eigenvalue weighted by molar-refractivity contribution is -0.137. The third-order valence-corrected chi connectivity index (χ3v) is 4.06. The van der Waals surface area contributed by atoms with Crippen molar-refractivity contribution in [2.24, 2.45) is 0 Å². The third-order valence-electron chi connectivity index (χ3n) is 3.75. The summed E-state index contributed by atoms with van der Waals surface area (Å²) in [5.74, 6) is -0.252. The van der Waals surface area contributed by atoms with Crippen molar-refractivity contribution < 1.29 is 13.2 Å². The fourth-order valence-electron chi connectivity index (χ4n) is 2.65. The Labute approximate surface area is 141 Å². The Hall–Kier alpha value is -2.06.